The Bertz CT molecular complexity index is 413. The smallest absolute Gasteiger partial charge is 0.319 e. The van der Waals surface area contributed by atoms with Gasteiger partial charge in [0.25, 0.3) is 0 Å². The summed E-state index contributed by atoms with van der Waals surface area (Å²) in [6.07, 6.45) is 0.985. The fourth-order valence-electron chi connectivity index (χ4n) is 1.41. The van der Waals surface area contributed by atoms with Crippen LogP contribution in [-0.2, 0) is 0 Å². The molecule has 0 aliphatic rings. The lowest BCUT2D eigenvalue weighted by Crippen LogP contribution is -2.35. The molecule has 0 bridgehead atoms. The SMILES string of the molecule is CCCC(O)CNC(=O)Nc1cccc(Cl)c1Cl. The first kappa shape index (κ1) is 15.1. The van der Waals surface area contributed by atoms with E-state index in [0.29, 0.717) is 22.2 Å². The average Bonchev–Trinajstić information content (AvgIpc) is 2.33. The number of benzene rings is 1. The Hall–Kier alpha value is -0.970. The number of nitrogens with one attached hydrogen (secondary N) is 2. The maximum Gasteiger partial charge on any atom is 0.319 e. The second-order valence-corrected chi connectivity index (χ2v) is 4.66. The highest BCUT2D eigenvalue weighted by molar-refractivity contribution is 6.43. The first-order valence-corrected chi connectivity index (χ1v) is 6.47. The minimum absolute atomic E-state index is 0.206. The van der Waals surface area contributed by atoms with Crippen molar-refractivity contribution in [1.29, 1.82) is 0 Å². The van der Waals surface area contributed by atoms with Gasteiger partial charge in [-0.3, -0.25) is 0 Å². The molecule has 0 saturated carbocycles. The summed E-state index contributed by atoms with van der Waals surface area (Å²) in [6, 6.07) is 4.55. The first-order valence-electron chi connectivity index (χ1n) is 5.71. The number of carbonyl (C=O) groups excluding carboxylic acids is 1. The van der Waals surface area contributed by atoms with Gasteiger partial charge in [-0.1, -0.05) is 42.6 Å². The van der Waals surface area contributed by atoms with Crippen LogP contribution in [0.2, 0.25) is 10.0 Å². The van der Waals surface area contributed by atoms with E-state index in [-0.39, 0.29) is 6.54 Å². The summed E-state index contributed by atoms with van der Waals surface area (Å²) in [5, 5.41) is 15.3. The second kappa shape index (κ2) is 7.46. The van der Waals surface area contributed by atoms with Gasteiger partial charge in [-0.05, 0) is 18.6 Å². The molecule has 4 nitrogen and oxygen atoms in total. The molecule has 1 aromatic carbocycles. The van der Waals surface area contributed by atoms with Crippen LogP contribution in [0.4, 0.5) is 10.5 Å². The predicted molar refractivity (Wildman–Crippen MR) is 74.4 cm³/mol. The lowest BCUT2D eigenvalue weighted by Gasteiger charge is -2.12. The van der Waals surface area contributed by atoms with Gasteiger partial charge < -0.3 is 15.7 Å². The lowest BCUT2D eigenvalue weighted by molar-refractivity contribution is 0.162. The van der Waals surface area contributed by atoms with Crippen LogP contribution in [0.5, 0.6) is 0 Å². The Morgan fingerprint density at radius 2 is 2.17 bits per heavy atom. The van der Waals surface area contributed by atoms with Gasteiger partial charge in [-0.25, -0.2) is 4.79 Å². The zero-order valence-corrected chi connectivity index (χ0v) is 11.6. The molecule has 1 rings (SSSR count). The number of halogens is 2. The molecule has 100 valence electrons. The maximum atomic E-state index is 11.5. The van der Waals surface area contributed by atoms with Crippen molar-refractivity contribution in [3.63, 3.8) is 0 Å². The number of amides is 2. The zero-order chi connectivity index (χ0) is 13.5. The number of aliphatic hydroxyl groups excluding tert-OH is 1. The molecule has 3 N–H and O–H groups in total. The van der Waals surface area contributed by atoms with Crippen molar-refractivity contribution in [1.82, 2.24) is 5.32 Å². The van der Waals surface area contributed by atoms with Crippen LogP contribution in [0.1, 0.15) is 19.8 Å². The van der Waals surface area contributed by atoms with Crippen LogP contribution < -0.4 is 10.6 Å². The highest BCUT2D eigenvalue weighted by Crippen LogP contribution is 2.29. The van der Waals surface area contributed by atoms with E-state index in [1.54, 1.807) is 18.2 Å². The van der Waals surface area contributed by atoms with Crippen molar-refractivity contribution in [3.8, 4) is 0 Å². The Kier molecular flexibility index (Phi) is 6.25. The Morgan fingerprint density at radius 3 is 2.83 bits per heavy atom. The molecule has 0 aromatic heterocycles. The van der Waals surface area contributed by atoms with Crippen molar-refractivity contribution < 1.29 is 9.90 Å². The van der Waals surface area contributed by atoms with Crippen LogP contribution in [0.3, 0.4) is 0 Å². The molecule has 0 saturated heterocycles. The van der Waals surface area contributed by atoms with E-state index < -0.39 is 12.1 Å². The van der Waals surface area contributed by atoms with Gasteiger partial charge in [0.15, 0.2) is 0 Å². The molecular formula is C12H16Cl2N2O2. The van der Waals surface area contributed by atoms with Crippen molar-refractivity contribution >= 4 is 34.9 Å². The van der Waals surface area contributed by atoms with E-state index in [1.807, 2.05) is 6.92 Å². The number of urea groups is 1. The van der Waals surface area contributed by atoms with Crippen LogP contribution in [0.15, 0.2) is 18.2 Å². The molecule has 0 aliphatic heterocycles. The molecule has 6 heteroatoms. The average molecular weight is 291 g/mol. The third kappa shape index (κ3) is 4.72. The van der Waals surface area contributed by atoms with Crippen LogP contribution in [-0.4, -0.2) is 23.8 Å². The third-order valence-electron chi connectivity index (χ3n) is 2.32. The summed E-state index contributed by atoms with van der Waals surface area (Å²) in [7, 11) is 0. The summed E-state index contributed by atoms with van der Waals surface area (Å²) in [5.41, 5.74) is 0.437. The van der Waals surface area contributed by atoms with Gasteiger partial charge in [0, 0.05) is 6.54 Å². The van der Waals surface area contributed by atoms with Crippen LogP contribution in [0, 0.1) is 0 Å². The predicted octanol–water partition coefficient (Wildman–Crippen LogP) is 3.28. The summed E-state index contributed by atoms with van der Waals surface area (Å²) in [5.74, 6) is 0. The van der Waals surface area contributed by atoms with Gasteiger partial charge in [0.1, 0.15) is 0 Å². The van der Waals surface area contributed by atoms with Crippen molar-refractivity contribution in [2.45, 2.75) is 25.9 Å². The van der Waals surface area contributed by atoms with Gasteiger partial charge >= 0.3 is 6.03 Å². The molecule has 1 aromatic rings. The highest BCUT2D eigenvalue weighted by atomic mass is 35.5. The quantitative estimate of drug-likeness (QED) is 0.779. The summed E-state index contributed by atoms with van der Waals surface area (Å²) < 4.78 is 0. The number of rotatable bonds is 5. The first-order chi connectivity index (χ1) is 8.54. The molecule has 2 amide bonds. The number of hydrogen-bond donors (Lipinski definition) is 3. The van der Waals surface area contributed by atoms with E-state index in [2.05, 4.69) is 10.6 Å². The normalized spacial score (nSPS) is 12.0. The van der Waals surface area contributed by atoms with Crippen molar-refractivity contribution in [2.75, 3.05) is 11.9 Å². The van der Waals surface area contributed by atoms with Crippen molar-refractivity contribution in [2.24, 2.45) is 0 Å². The number of aliphatic hydroxyl groups is 1. The number of anilines is 1. The van der Waals surface area contributed by atoms with E-state index in [1.165, 1.54) is 0 Å². The number of hydrogen-bond acceptors (Lipinski definition) is 2. The van der Waals surface area contributed by atoms with Gasteiger partial charge in [0.2, 0.25) is 0 Å². The van der Waals surface area contributed by atoms with E-state index >= 15 is 0 Å². The Balaban J connectivity index is 2.47. The molecule has 1 atom stereocenters. The standard InChI is InChI=1S/C12H16Cl2N2O2/c1-2-4-8(17)7-15-12(18)16-10-6-3-5-9(13)11(10)14/h3,5-6,8,17H,2,4,7H2,1H3,(H2,15,16,18). The molecule has 0 spiro atoms. The van der Waals surface area contributed by atoms with E-state index in [4.69, 9.17) is 23.2 Å². The summed E-state index contributed by atoms with van der Waals surface area (Å²) in [6.45, 7) is 2.17. The van der Waals surface area contributed by atoms with Crippen LogP contribution in [0.25, 0.3) is 0 Å². The maximum absolute atomic E-state index is 11.5. The fraction of sp³-hybridized carbons (Fsp3) is 0.417. The van der Waals surface area contributed by atoms with Gasteiger partial charge in [-0.2, -0.15) is 0 Å². The molecule has 0 heterocycles. The topological polar surface area (TPSA) is 61.4 Å². The van der Waals surface area contributed by atoms with E-state index in [9.17, 15) is 9.90 Å². The third-order valence-corrected chi connectivity index (χ3v) is 3.14. The van der Waals surface area contributed by atoms with Gasteiger partial charge in [-0.15, -0.1) is 0 Å². The van der Waals surface area contributed by atoms with Crippen LogP contribution >= 0.6 is 23.2 Å². The molecule has 0 fully saturated rings. The van der Waals surface area contributed by atoms with Crippen molar-refractivity contribution in [3.05, 3.63) is 28.2 Å². The summed E-state index contributed by atoms with van der Waals surface area (Å²) >= 11 is 11.7. The minimum atomic E-state index is -0.532. The molecule has 18 heavy (non-hydrogen) atoms. The molecular weight excluding hydrogens is 275 g/mol. The Labute approximate surface area is 116 Å². The molecule has 0 radical (unpaired) electrons. The largest absolute Gasteiger partial charge is 0.391 e. The molecule has 1 unspecified atom stereocenters. The van der Waals surface area contributed by atoms with E-state index in [0.717, 1.165) is 6.42 Å². The monoisotopic (exact) mass is 290 g/mol. The highest BCUT2D eigenvalue weighted by Gasteiger charge is 2.09. The molecule has 0 aliphatic carbocycles. The minimum Gasteiger partial charge on any atom is -0.391 e. The fourth-order valence-corrected chi connectivity index (χ4v) is 1.76. The number of carbonyl (C=O) groups is 1. The zero-order valence-electron chi connectivity index (χ0n) is 10.0. The summed E-state index contributed by atoms with van der Waals surface area (Å²) in [4.78, 5) is 11.5. The second-order valence-electron chi connectivity index (χ2n) is 3.88. The van der Waals surface area contributed by atoms with Gasteiger partial charge in [0.05, 0.1) is 21.8 Å². The lowest BCUT2D eigenvalue weighted by atomic mass is 10.2. The Morgan fingerprint density at radius 1 is 1.44 bits per heavy atom.